The number of benzene rings is 2. The maximum absolute atomic E-state index is 13.6. The molecule has 0 spiro atoms. The molecule has 1 fully saturated rings. The van der Waals surface area contributed by atoms with Crippen molar-refractivity contribution in [1.29, 1.82) is 0 Å². The average molecular weight is 473 g/mol. The Balaban J connectivity index is 1.50. The summed E-state index contributed by atoms with van der Waals surface area (Å²) in [4.78, 5) is 25.3. The predicted molar refractivity (Wildman–Crippen MR) is 105 cm³/mol. The van der Waals surface area contributed by atoms with Crippen molar-refractivity contribution >= 4 is 21.8 Å². The fourth-order valence-corrected chi connectivity index (χ4v) is 4.61. The lowest BCUT2D eigenvalue weighted by Crippen LogP contribution is -2.50. The van der Waals surface area contributed by atoms with Crippen molar-refractivity contribution in [2.45, 2.75) is 11.3 Å². The van der Waals surface area contributed by atoms with Gasteiger partial charge in [-0.1, -0.05) is 0 Å². The van der Waals surface area contributed by atoms with Crippen molar-refractivity contribution in [1.82, 2.24) is 14.5 Å². The summed E-state index contributed by atoms with van der Waals surface area (Å²) in [5.41, 5.74) is -0.352. The van der Waals surface area contributed by atoms with E-state index in [1.807, 2.05) is 0 Å². The molecule has 12 heteroatoms. The fourth-order valence-electron chi connectivity index (χ4n) is 3.17. The first kappa shape index (κ1) is 23.7. The van der Waals surface area contributed by atoms with Crippen LogP contribution in [0.4, 0.5) is 17.6 Å². The van der Waals surface area contributed by atoms with Crippen LogP contribution in [0, 0.1) is 23.3 Å². The Labute approximate surface area is 181 Å². The maximum atomic E-state index is 13.6. The van der Waals surface area contributed by atoms with Crippen LogP contribution < -0.4 is 5.32 Å². The molecule has 2 aromatic rings. The average Bonchev–Trinajstić information content (AvgIpc) is 2.75. The molecule has 1 aliphatic heterocycles. The minimum atomic E-state index is -4.05. The Morgan fingerprint density at radius 3 is 2.19 bits per heavy atom. The number of halogens is 4. The number of nitrogens with zero attached hydrogens (tertiary/aromatic N) is 2. The Bertz CT molecular complexity index is 1140. The summed E-state index contributed by atoms with van der Waals surface area (Å²) in [6.45, 7) is -0.0349. The normalized spacial score (nSPS) is 14.9. The molecule has 0 radical (unpaired) electrons. The summed E-state index contributed by atoms with van der Waals surface area (Å²) in [5.74, 6) is -5.42. The van der Waals surface area contributed by atoms with Crippen molar-refractivity contribution in [2.75, 3.05) is 32.7 Å². The Morgan fingerprint density at radius 1 is 0.875 bits per heavy atom. The first-order valence-corrected chi connectivity index (χ1v) is 11.0. The first-order chi connectivity index (χ1) is 15.1. The van der Waals surface area contributed by atoms with E-state index in [9.17, 15) is 35.6 Å². The smallest absolute Gasteiger partial charge is 0.254 e. The highest BCUT2D eigenvalue weighted by molar-refractivity contribution is 7.89. The van der Waals surface area contributed by atoms with E-state index in [1.54, 1.807) is 0 Å². The zero-order valence-electron chi connectivity index (χ0n) is 16.7. The van der Waals surface area contributed by atoms with Gasteiger partial charge in [0.2, 0.25) is 15.9 Å². The summed E-state index contributed by atoms with van der Waals surface area (Å²) >= 11 is 0. The molecule has 3 rings (SSSR count). The lowest BCUT2D eigenvalue weighted by Gasteiger charge is -2.34. The van der Waals surface area contributed by atoms with Gasteiger partial charge in [0.05, 0.1) is 10.5 Å². The van der Waals surface area contributed by atoms with E-state index in [0.717, 1.165) is 28.6 Å². The molecule has 0 aromatic heterocycles. The molecule has 0 aliphatic carbocycles. The topological polar surface area (TPSA) is 86.8 Å². The minimum absolute atomic E-state index is 0.0414. The van der Waals surface area contributed by atoms with Gasteiger partial charge in [-0.2, -0.15) is 4.31 Å². The standard InChI is InChI=1S/C20H19F4N3O4S/c21-13-1-3-15(17(23)11-13)20(29)25-6-5-19(28)26-7-9-27(10-8-26)32(30,31)14-2-4-16(22)18(24)12-14/h1-4,11-12H,5-10H2,(H,25,29). The molecule has 32 heavy (non-hydrogen) atoms. The van der Waals surface area contributed by atoms with Crippen LogP contribution in [0.2, 0.25) is 0 Å². The Hall–Kier alpha value is -2.99. The SMILES string of the molecule is O=C(NCCC(=O)N1CCN(S(=O)(=O)c2ccc(F)c(F)c2)CC1)c1ccc(F)cc1F. The van der Waals surface area contributed by atoms with Gasteiger partial charge in [0.1, 0.15) is 11.6 Å². The van der Waals surface area contributed by atoms with Crippen molar-refractivity contribution in [3.05, 3.63) is 65.2 Å². The van der Waals surface area contributed by atoms with Gasteiger partial charge in [-0.15, -0.1) is 0 Å². The number of nitrogens with one attached hydrogen (secondary N) is 1. The number of rotatable bonds is 6. The maximum Gasteiger partial charge on any atom is 0.254 e. The van der Waals surface area contributed by atoms with E-state index in [2.05, 4.69) is 5.32 Å². The quantitative estimate of drug-likeness (QED) is 0.650. The highest BCUT2D eigenvalue weighted by atomic mass is 32.2. The number of carbonyl (C=O) groups is 2. The molecule has 172 valence electrons. The third kappa shape index (κ3) is 5.25. The van der Waals surface area contributed by atoms with Crippen LogP contribution in [-0.2, 0) is 14.8 Å². The van der Waals surface area contributed by atoms with Crippen molar-refractivity contribution < 1.29 is 35.6 Å². The molecule has 2 aromatic carbocycles. The molecule has 1 heterocycles. The molecular formula is C20H19F4N3O4S. The van der Waals surface area contributed by atoms with Gasteiger partial charge >= 0.3 is 0 Å². The van der Waals surface area contributed by atoms with Crippen molar-refractivity contribution in [2.24, 2.45) is 0 Å². The van der Waals surface area contributed by atoms with E-state index in [1.165, 1.54) is 4.90 Å². The minimum Gasteiger partial charge on any atom is -0.351 e. The van der Waals surface area contributed by atoms with Gasteiger partial charge < -0.3 is 10.2 Å². The van der Waals surface area contributed by atoms with Gasteiger partial charge in [-0.3, -0.25) is 9.59 Å². The summed E-state index contributed by atoms with van der Waals surface area (Å²) < 4.78 is 79.2. The monoisotopic (exact) mass is 473 g/mol. The van der Waals surface area contributed by atoms with E-state index >= 15 is 0 Å². The van der Waals surface area contributed by atoms with Crippen LogP contribution in [0.3, 0.4) is 0 Å². The number of hydrogen-bond acceptors (Lipinski definition) is 4. The highest BCUT2D eigenvalue weighted by Gasteiger charge is 2.30. The molecule has 0 bridgehead atoms. The van der Waals surface area contributed by atoms with E-state index in [0.29, 0.717) is 12.1 Å². The third-order valence-corrected chi connectivity index (χ3v) is 6.82. The molecule has 2 amide bonds. The summed E-state index contributed by atoms with van der Waals surface area (Å²) in [6.07, 6.45) is -0.107. The predicted octanol–water partition coefficient (Wildman–Crippen LogP) is 1.90. The summed E-state index contributed by atoms with van der Waals surface area (Å²) in [7, 11) is -4.05. The molecule has 7 nitrogen and oxygen atoms in total. The van der Waals surface area contributed by atoms with Crippen LogP contribution in [0.1, 0.15) is 16.8 Å². The number of piperazine rings is 1. The highest BCUT2D eigenvalue weighted by Crippen LogP contribution is 2.20. The van der Waals surface area contributed by atoms with E-state index in [4.69, 9.17) is 0 Å². The molecule has 0 atom stereocenters. The van der Waals surface area contributed by atoms with Crippen LogP contribution >= 0.6 is 0 Å². The lowest BCUT2D eigenvalue weighted by atomic mass is 10.2. The zero-order valence-corrected chi connectivity index (χ0v) is 17.5. The Kier molecular flexibility index (Phi) is 7.14. The molecule has 1 saturated heterocycles. The summed E-state index contributed by atoms with van der Waals surface area (Å²) in [5, 5.41) is 2.37. The van der Waals surface area contributed by atoms with Crippen LogP contribution in [0.25, 0.3) is 0 Å². The third-order valence-electron chi connectivity index (χ3n) is 4.92. The van der Waals surface area contributed by atoms with Crippen molar-refractivity contribution in [3.63, 3.8) is 0 Å². The van der Waals surface area contributed by atoms with Gasteiger partial charge in [0.25, 0.3) is 5.91 Å². The van der Waals surface area contributed by atoms with Gasteiger partial charge in [0, 0.05) is 45.2 Å². The number of carbonyl (C=O) groups excluding carboxylic acids is 2. The molecule has 0 saturated carbocycles. The second-order valence-corrected chi connectivity index (χ2v) is 8.93. The molecule has 1 aliphatic rings. The number of hydrogen-bond donors (Lipinski definition) is 1. The molecule has 0 unspecified atom stereocenters. The van der Waals surface area contributed by atoms with E-state index < -0.39 is 39.2 Å². The zero-order chi connectivity index (χ0) is 23.5. The fraction of sp³-hybridized carbons (Fsp3) is 0.300. The molecular weight excluding hydrogens is 454 g/mol. The van der Waals surface area contributed by atoms with Gasteiger partial charge in [-0.05, 0) is 30.3 Å². The Morgan fingerprint density at radius 2 is 1.56 bits per heavy atom. The molecule has 1 N–H and O–H groups in total. The van der Waals surface area contributed by atoms with Gasteiger partial charge in [-0.25, -0.2) is 26.0 Å². The number of sulfonamides is 1. The first-order valence-electron chi connectivity index (χ1n) is 9.56. The van der Waals surface area contributed by atoms with Crippen LogP contribution in [-0.4, -0.2) is 62.2 Å². The lowest BCUT2D eigenvalue weighted by molar-refractivity contribution is -0.132. The summed E-state index contributed by atoms with van der Waals surface area (Å²) in [6, 6.07) is 4.82. The largest absolute Gasteiger partial charge is 0.351 e. The second kappa shape index (κ2) is 9.65. The van der Waals surface area contributed by atoms with Gasteiger partial charge in [0.15, 0.2) is 11.6 Å². The number of amides is 2. The van der Waals surface area contributed by atoms with Crippen LogP contribution in [0.15, 0.2) is 41.3 Å². The van der Waals surface area contributed by atoms with E-state index in [-0.39, 0.29) is 55.5 Å². The van der Waals surface area contributed by atoms with Crippen molar-refractivity contribution in [3.8, 4) is 0 Å². The van der Waals surface area contributed by atoms with Crippen LogP contribution in [0.5, 0.6) is 0 Å². The second-order valence-electron chi connectivity index (χ2n) is 6.99.